The summed E-state index contributed by atoms with van der Waals surface area (Å²) < 4.78 is 2.16. The zero-order valence-electron chi connectivity index (χ0n) is 15.1. The Labute approximate surface area is 153 Å². The molecule has 0 bridgehead atoms. The minimum absolute atomic E-state index is 0.0327. The van der Waals surface area contributed by atoms with Crippen LogP contribution < -0.4 is 5.32 Å². The molecule has 0 saturated carbocycles. The SMILES string of the molecule is CCn1c(CNC(=O)[C@@H]2CCN2Cc2ccccc2)nc2ccccc21. The van der Waals surface area contributed by atoms with Gasteiger partial charge in [-0.1, -0.05) is 42.5 Å². The minimum Gasteiger partial charge on any atom is -0.348 e. The normalized spacial score (nSPS) is 17.2. The summed E-state index contributed by atoms with van der Waals surface area (Å²) in [5, 5.41) is 3.09. The van der Waals surface area contributed by atoms with Gasteiger partial charge in [-0.05, 0) is 31.0 Å². The smallest absolute Gasteiger partial charge is 0.237 e. The van der Waals surface area contributed by atoms with Crippen LogP contribution in [0.25, 0.3) is 11.0 Å². The standard InChI is InChI=1S/C21H24N4O/c1-2-25-18-11-7-6-10-17(18)23-20(25)14-22-21(26)19-12-13-24(19)15-16-8-4-3-5-9-16/h3-11,19H,2,12-15H2,1H3,(H,22,26)/t19-/m0/s1. The predicted molar refractivity (Wildman–Crippen MR) is 103 cm³/mol. The fourth-order valence-electron chi connectivity index (χ4n) is 3.64. The Hall–Kier alpha value is -2.66. The van der Waals surface area contributed by atoms with Crippen molar-refractivity contribution in [3.05, 3.63) is 66.0 Å². The number of carbonyl (C=O) groups is 1. The number of benzene rings is 2. The van der Waals surface area contributed by atoms with Crippen molar-refractivity contribution in [1.29, 1.82) is 0 Å². The fraction of sp³-hybridized carbons (Fsp3) is 0.333. The second-order valence-corrected chi connectivity index (χ2v) is 6.74. The first-order chi connectivity index (χ1) is 12.8. The first-order valence-electron chi connectivity index (χ1n) is 9.26. The highest BCUT2D eigenvalue weighted by atomic mass is 16.2. The summed E-state index contributed by atoms with van der Waals surface area (Å²) in [5.41, 5.74) is 3.35. The second-order valence-electron chi connectivity index (χ2n) is 6.74. The molecule has 0 unspecified atom stereocenters. The lowest BCUT2D eigenvalue weighted by atomic mass is 10.0. The molecule has 0 radical (unpaired) electrons. The summed E-state index contributed by atoms with van der Waals surface area (Å²) >= 11 is 0. The molecule has 2 aromatic carbocycles. The molecule has 0 spiro atoms. The van der Waals surface area contributed by atoms with Crippen LogP contribution in [-0.2, 0) is 24.4 Å². The van der Waals surface area contributed by atoms with Crippen LogP contribution in [0.5, 0.6) is 0 Å². The molecule has 134 valence electrons. The van der Waals surface area contributed by atoms with Crippen molar-refractivity contribution in [3.8, 4) is 0 Å². The molecule has 1 aliphatic heterocycles. The molecular formula is C21H24N4O. The lowest BCUT2D eigenvalue weighted by molar-refractivity contribution is -0.131. The van der Waals surface area contributed by atoms with E-state index in [2.05, 4.69) is 44.9 Å². The molecule has 1 saturated heterocycles. The van der Waals surface area contributed by atoms with Gasteiger partial charge in [-0.2, -0.15) is 0 Å². The number of para-hydroxylation sites is 2. The Balaban J connectivity index is 1.40. The number of likely N-dealkylation sites (tertiary alicyclic amines) is 1. The first kappa shape index (κ1) is 16.8. The molecule has 3 aromatic rings. The third kappa shape index (κ3) is 3.22. The van der Waals surface area contributed by atoms with Crippen LogP contribution in [0, 0.1) is 0 Å². The molecule has 1 amide bonds. The highest BCUT2D eigenvalue weighted by molar-refractivity contribution is 5.82. The number of imidazole rings is 1. The minimum atomic E-state index is -0.0327. The summed E-state index contributed by atoms with van der Waals surface area (Å²) in [6, 6.07) is 18.4. The number of carbonyl (C=O) groups excluding carboxylic acids is 1. The first-order valence-corrected chi connectivity index (χ1v) is 9.26. The van der Waals surface area contributed by atoms with Crippen LogP contribution in [0.4, 0.5) is 0 Å². The van der Waals surface area contributed by atoms with Crippen LogP contribution in [0.2, 0.25) is 0 Å². The summed E-state index contributed by atoms with van der Waals surface area (Å²) in [6.07, 6.45) is 0.920. The molecule has 1 fully saturated rings. The topological polar surface area (TPSA) is 50.2 Å². The molecule has 26 heavy (non-hydrogen) atoms. The lowest BCUT2D eigenvalue weighted by Gasteiger charge is -2.39. The highest BCUT2D eigenvalue weighted by Gasteiger charge is 2.33. The zero-order valence-corrected chi connectivity index (χ0v) is 15.1. The van der Waals surface area contributed by atoms with Gasteiger partial charge in [-0.3, -0.25) is 9.69 Å². The summed E-state index contributed by atoms with van der Waals surface area (Å²) in [6.45, 7) is 5.21. The zero-order chi connectivity index (χ0) is 17.9. The molecule has 5 heteroatoms. The number of hydrogen-bond donors (Lipinski definition) is 1. The molecule has 0 aliphatic carbocycles. The van der Waals surface area contributed by atoms with Crippen LogP contribution in [0.1, 0.15) is 24.7 Å². The summed E-state index contributed by atoms with van der Waals surface area (Å²) in [4.78, 5) is 19.5. The van der Waals surface area contributed by atoms with Crippen LogP contribution in [-0.4, -0.2) is 32.9 Å². The van der Waals surface area contributed by atoms with Crippen LogP contribution >= 0.6 is 0 Å². The number of amides is 1. The van der Waals surface area contributed by atoms with E-state index in [1.807, 2.05) is 36.4 Å². The second kappa shape index (κ2) is 7.30. The molecule has 1 aromatic heterocycles. The van der Waals surface area contributed by atoms with Crippen LogP contribution in [0.3, 0.4) is 0 Å². The molecule has 1 atom stereocenters. The monoisotopic (exact) mass is 348 g/mol. The van der Waals surface area contributed by atoms with Gasteiger partial charge < -0.3 is 9.88 Å². The van der Waals surface area contributed by atoms with Gasteiger partial charge in [0.1, 0.15) is 5.82 Å². The maximum atomic E-state index is 12.6. The van der Waals surface area contributed by atoms with Crippen molar-refractivity contribution in [2.24, 2.45) is 0 Å². The Morgan fingerprint density at radius 2 is 1.92 bits per heavy atom. The summed E-state index contributed by atoms with van der Waals surface area (Å²) in [5.74, 6) is 1.01. The maximum absolute atomic E-state index is 12.6. The fourth-order valence-corrected chi connectivity index (χ4v) is 3.64. The van der Waals surface area contributed by atoms with E-state index in [0.29, 0.717) is 6.54 Å². The molecular weight excluding hydrogens is 324 g/mol. The average molecular weight is 348 g/mol. The number of fused-ring (bicyclic) bond motifs is 1. The largest absolute Gasteiger partial charge is 0.348 e. The number of nitrogens with zero attached hydrogens (tertiary/aromatic N) is 3. The quantitative estimate of drug-likeness (QED) is 0.745. The summed E-state index contributed by atoms with van der Waals surface area (Å²) in [7, 11) is 0. The van der Waals surface area contributed by atoms with Crippen molar-refractivity contribution in [3.63, 3.8) is 0 Å². The van der Waals surface area contributed by atoms with E-state index in [1.165, 1.54) is 5.56 Å². The number of rotatable bonds is 6. The van der Waals surface area contributed by atoms with Gasteiger partial charge in [0.05, 0.1) is 23.6 Å². The van der Waals surface area contributed by atoms with Crippen LogP contribution in [0.15, 0.2) is 54.6 Å². The van der Waals surface area contributed by atoms with Crippen molar-refractivity contribution >= 4 is 16.9 Å². The predicted octanol–water partition coefficient (Wildman–Crippen LogP) is 2.95. The maximum Gasteiger partial charge on any atom is 0.237 e. The van der Waals surface area contributed by atoms with Gasteiger partial charge in [0.25, 0.3) is 0 Å². The van der Waals surface area contributed by atoms with Crippen molar-refractivity contribution < 1.29 is 4.79 Å². The Bertz CT molecular complexity index is 903. The number of nitrogens with one attached hydrogen (secondary N) is 1. The van der Waals surface area contributed by atoms with Gasteiger partial charge >= 0.3 is 0 Å². The Morgan fingerprint density at radius 1 is 1.15 bits per heavy atom. The van der Waals surface area contributed by atoms with E-state index in [9.17, 15) is 4.79 Å². The molecule has 4 rings (SSSR count). The molecule has 1 N–H and O–H groups in total. The van der Waals surface area contributed by atoms with E-state index in [4.69, 9.17) is 0 Å². The molecule has 5 nitrogen and oxygen atoms in total. The van der Waals surface area contributed by atoms with Crippen molar-refractivity contribution in [2.75, 3.05) is 6.54 Å². The number of aromatic nitrogens is 2. The van der Waals surface area contributed by atoms with E-state index >= 15 is 0 Å². The van der Waals surface area contributed by atoms with E-state index in [1.54, 1.807) is 0 Å². The highest BCUT2D eigenvalue weighted by Crippen LogP contribution is 2.21. The van der Waals surface area contributed by atoms with Gasteiger partial charge in [-0.25, -0.2) is 4.98 Å². The van der Waals surface area contributed by atoms with Gasteiger partial charge in [-0.15, -0.1) is 0 Å². The third-order valence-electron chi connectivity index (χ3n) is 5.13. The molecule has 2 heterocycles. The Morgan fingerprint density at radius 3 is 2.65 bits per heavy atom. The average Bonchev–Trinajstić information content (AvgIpc) is 3.02. The number of aryl methyl sites for hydroxylation is 1. The number of hydrogen-bond acceptors (Lipinski definition) is 3. The Kier molecular flexibility index (Phi) is 4.71. The van der Waals surface area contributed by atoms with Gasteiger partial charge in [0.2, 0.25) is 5.91 Å². The van der Waals surface area contributed by atoms with E-state index in [-0.39, 0.29) is 11.9 Å². The van der Waals surface area contributed by atoms with E-state index < -0.39 is 0 Å². The van der Waals surface area contributed by atoms with Gasteiger partial charge in [0, 0.05) is 19.6 Å². The van der Waals surface area contributed by atoms with E-state index in [0.717, 1.165) is 42.9 Å². The van der Waals surface area contributed by atoms with Crippen molar-refractivity contribution in [2.45, 2.75) is 39.0 Å². The van der Waals surface area contributed by atoms with Gasteiger partial charge in [0.15, 0.2) is 0 Å². The lowest BCUT2D eigenvalue weighted by Crippen LogP contribution is -2.55. The van der Waals surface area contributed by atoms with Crippen molar-refractivity contribution in [1.82, 2.24) is 19.8 Å². The molecule has 1 aliphatic rings. The third-order valence-corrected chi connectivity index (χ3v) is 5.13.